The van der Waals surface area contributed by atoms with E-state index in [1.807, 2.05) is 0 Å². The van der Waals surface area contributed by atoms with Crippen molar-refractivity contribution < 1.29 is 10.1 Å². The molecule has 0 radical (unpaired) electrons. The topological polar surface area (TPSA) is 25.8 Å². The van der Waals surface area contributed by atoms with Gasteiger partial charge in [-0.05, 0) is 37.7 Å². The molecule has 1 heterocycles. The van der Waals surface area contributed by atoms with Crippen molar-refractivity contribution in [2.45, 2.75) is 38.7 Å². The number of rotatable bonds is 7. The van der Waals surface area contributed by atoms with Crippen LogP contribution in [0.3, 0.4) is 0 Å². The second-order valence-corrected chi connectivity index (χ2v) is 5.28. The monoisotopic (exact) mass is 248 g/mol. The van der Waals surface area contributed by atoms with Crippen LogP contribution in [0, 0.1) is 5.92 Å². The van der Waals surface area contributed by atoms with Gasteiger partial charge in [-0.2, -0.15) is 0 Å². The van der Waals surface area contributed by atoms with Gasteiger partial charge in [0.15, 0.2) is 0 Å². The van der Waals surface area contributed by atoms with Crippen LogP contribution in [-0.4, -0.2) is 25.8 Å². The van der Waals surface area contributed by atoms with Crippen molar-refractivity contribution in [1.82, 2.24) is 0 Å². The lowest BCUT2D eigenvalue weighted by atomic mass is 9.89. The summed E-state index contributed by atoms with van der Waals surface area (Å²) in [5.41, 5.74) is 1.45. The van der Waals surface area contributed by atoms with Crippen molar-refractivity contribution in [3.63, 3.8) is 0 Å². The zero-order chi connectivity index (χ0) is 12.6. The van der Waals surface area contributed by atoms with Crippen LogP contribution < -0.4 is 5.32 Å². The van der Waals surface area contributed by atoms with Crippen LogP contribution in [0.2, 0.25) is 0 Å². The number of hydrogen-bond donors (Lipinski definition) is 1. The van der Waals surface area contributed by atoms with Gasteiger partial charge in [0.1, 0.15) is 0 Å². The summed E-state index contributed by atoms with van der Waals surface area (Å²) < 4.78 is 5.90. The predicted molar refractivity (Wildman–Crippen MR) is 74.6 cm³/mol. The SMILES string of the molecule is CC[NH2+]CC[C@H](Cc1ccccc1)[C@@H]1CCCO1. The van der Waals surface area contributed by atoms with E-state index in [2.05, 4.69) is 42.6 Å². The third kappa shape index (κ3) is 4.11. The number of hydrogen-bond acceptors (Lipinski definition) is 1. The lowest BCUT2D eigenvalue weighted by molar-refractivity contribution is -0.652. The summed E-state index contributed by atoms with van der Waals surface area (Å²) in [6.07, 6.45) is 5.43. The molecule has 1 aliphatic heterocycles. The van der Waals surface area contributed by atoms with Gasteiger partial charge in [0.25, 0.3) is 0 Å². The molecular formula is C16H26NO+. The van der Waals surface area contributed by atoms with E-state index in [9.17, 15) is 0 Å². The van der Waals surface area contributed by atoms with E-state index in [1.165, 1.54) is 44.3 Å². The van der Waals surface area contributed by atoms with Crippen molar-refractivity contribution >= 4 is 0 Å². The summed E-state index contributed by atoms with van der Waals surface area (Å²) in [6, 6.07) is 10.9. The van der Waals surface area contributed by atoms with Gasteiger partial charge in [-0.1, -0.05) is 30.3 Å². The lowest BCUT2D eigenvalue weighted by Gasteiger charge is -2.22. The second kappa shape index (κ2) is 7.55. The Morgan fingerprint density at radius 3 is 2.83 bits per heavy atom. The molecule has 0 unspecified atom stereocenters. The summed E-state index contributed by atoms with van der Waals surface area (Å²) in [5.74, 6) is 0.692. The molecule has 1 aliphatic rings. The molecule has 1 aromatic rings. The first-order valence-corrected chi connectivity index (χ1v) is 7.37. The summed E-state index contributed by atoms with van der Waals surface area (Å²) in [7, 11) is 0. The van der Waals surface area contributed by atoms with Gasteiger partial charge in [-0.3, -0.25) is 0 Å². The van der Waals surface area contributed by atoms with Crippen LogP contribution in [0.15, 0.2) is 30.3 Å². The Hall–Kier alpha value is -0.860. The predicted octanol–water partition coefficient (Wildman–Crippen LogP) is 2.00. The molecule has 0 spiro atoms. The Labute approximate surface area is 111 Å². The lowest BCUT2D eigenvalue weighted by Crippen LogP contribution is -2.83. The van der Waals surface area contributed by atoms with Gasteiger partial charge in [-0.25, -0.2) is 0 Å². The second-order valence-electron chi connectivity index (χ2n) is 5.28. The molecule has 100 valence electrons. The first-order chi connectivity index (χ1) is 8.90. The fraction of sp³-hybridized carbons (Fsp3) is 0.625. The number of benzene rings is 1. The minimum absolute atomic E-state index is 0.496. The summed E-state index contributed by atoms with van der Waals surface area (Å²) >= 11 is 0. The molecule has 1 aromatic carbocycles. The van der Waals surface area contributed by atoms with E-state index < -0.39 is 0 Å². The van der Waals surface area contributed by atoms with E-state index in [0.29, 0.717) is 12.0 Å². The van der Waals surface area contributed by atoms with Crippen LogP contribution in [0.25, 0.3) is 0 Å². The van der Waals surface area contributed by atoms with Crippen LogP contribution in [0.5, 0.6) is 0 Å². The van der Waals surface area contributed by atoms with Gasteiger partial charge >= 0.3 is 0 Å². The minimum atomic E-state index is 0.496. The zero-order valence-electron chi connectivity index (χ0n) is 11.5. The average Bonchev–Trinajstić information content (AvgIpc) is 2.93. The third-order valence-electron chi connectivity index (χ3n) is 3.86. The molecule has 0 amide bonds. The molecule has 2 atom stereocenters. The molecule has 0 bridgehead atoms. The third-order valence-corrected chi connectivity index (χ3v) is 3.86. The molecule has 2 nitrogen and oxygen atoms in total. The first kappa shape index (κ1) is 13.6. The minimum Gasteiger partial charge on any atom is -0.378 e. The first-order valence-electron chi connectivity index (χ1n) is 7.37. The van der Waals surface area contributed by atoms with Crippen molar-refractivity contribution in [1.29, 1.82) is 0 Å². The van der Waals surface area contributed by atoms with E-state index in [-0.39, 0.29) is 0 Å². The molecule has 18 heavy (non-hydrogen) atoms. The summed E-state index contributed by atoms with van der Waals surface area (Å²) in [5, 5.41) is 2.40. The maximum atomic E-state index is 5.90. The number of ether oxygens (including phenoxy) is 1. The van der Waals surface area contributed by atoms with Crippen LogP contribution in [0.4, 0.5) is 0 Å². The van der Waals surface area contributed by atoms with E-state index in [1.54, 1.807) is 0 Å². The highest BCUT2D eigenvalue weighted by atomic mass is 16.5. The van der Waals surface area contributed by atoms with Crippen molar-refractivity contribution in [2.24, 2.45) is 5.92 Å². The fourth-order valence-electron chi connectivity index (χ4n) is 2.85. The highest BCUT2D eigenvalue weighted by molar-refractivity contribution is 5.15. The maximum absolute atomic E-state index is 5.90. The zero-order valence-corrected chi connectivity index (χ0v) is 11.5. The van der Waals surface area contributed by atoms with Crippen LogP contribution >= 0.6 is 0 Å². The fourth-order valence-corrected chi connectivity index (χ4v) is 2.85. The van der Waals surface area contributed by atoms with Crippen molar-refractivity contribution in [3.8, 4) is 0 Å². The number of quaternary nitrogens is 1. The quantitative estimate of drug-likeness (QED) is 0.734. The van der Waals surface area contributed by atoms with Gasteiger partial charge in [-0.15, -0.1) is 0 Å². The van der Waals surface area contributed by atoms with Gasteiger partial charge in [0, 0.05) is 13.0 Å². The van der Waals surface area contributed by atoms with Crippen LogP contribution in [-0.2, 0) is 11.2 Å². The maximum Gasteiger partial charge on any atom is 0.0759 e. The molecule has 0 aliphatic carbocycles. The largest absolute Gasteiger partial charge is 0.378 e. The van der Waals surface area contributed by atoms with Gasteiger partial charge in [0.05, 0.1) is 19.2 Å². The van der Waals surface area contributed by atoms with E-state index in [0.717, 1.165) is 6.61 Å². The number of nitrogens with two attached hydrogens (primary N) is 1. The van der Waals surface area contributed by atoms with E-state index in [4.69, 9.17) is 4.74 Å². The summed E-state index contributed by atoms with van der Waals surface area (Å²) in [4.78, 5) is 0. The van der Waals surface area contributed by atoms with Gasteiger partial charge < -0.3 is 10.1 Å². The normalized spacial score (nSPS) is 21.1. The molecule has 2 heteroatoms. The highest BCUT2D eigenvalue weighted by Crippen LogP contribution is 2.25. The molecule has 0 saturated carbocycles. The Morgan fingerprint density at radius 2 is 2.17 bits per heavy atom. The molecule has 2 rings (SSSR count). The molecule has 0 aromatic heterocycles. The Morgan fingerprint density at radius 1 is 1.33 bits per heavy atom. The molecule has 1 saturated heterocycles. The van der Waals surface area contributed by atoms with Crippen LogP contribution in [0.1, 0.15) is 31.7 Å². The Balaban J connectivity index is 1.90. The van der Waals surface area contributed by atoms with Crippen molar-refractivity contribution in [3.05, 3.63) is 35.9 Å². The smallest absolute Gasteiger partial charge is 0.0759 e. The van der Waals surface area contributed by atoms with Crippen molar-refractivity contribution in [2.75, 3.05) is 19.7 Å². The molecular weight excluding hydrogens is 222 g/mol. The molecule has 1 fully saturated rings. The standard InChI is InChI=1S/C16H25NO/c1-2-17-11-10-15(16-9-6-12-18-16)13-14-7-4-3-5-8-14/h3-5,7-8,15-17H,2,6,9-13H2,1H3/p+1/t15-,16+/m1/s1. The van der Waals surface area contributed by atoms with Gasteiger partial charge in [0.2, 0.25) is 0 Å². The summed E-state index contributed by atoms with van der Waals surface area (Å²) in [6.45, 7) is 5.60. The highest BCUT2D eigenvalue weighted by Gasteiger charge is 2.26. The average molecular weight is 248 g/mol. The molecule has 2 N–H and O–H groups in total. The van der Waals surface area contributed by atoms with E-state index >= 15 is 0 Å². The Bertz CT molecular complexity index is 319. The Kier molecular flexibility index (Phi) is 5.69.